The van der Waals surface area contributed by atoms with Crippen LogP contribution in [0, 0.1) is 0 Å². The molecule has 0 saturated carbocycles. The zero-order chi connectivity index (χ0) is 16.7. The highest BCUT2D eigenvalue weighted by Gasteiger charge is 2.16. The smallest absolute Gasteiger partial charge is 0.313 e. The second-order valence-corrected chi connectivity index (χ2v) is 5.39. The van der Waals surface area contributed by atoms with Crippen LogP contribution in [0.5, 0.6) is 0 Å². The Labute approximate surface area is 139 Å². The largest absolute Gasteiger partial charge is 0.391 e. The lowest BCUT2D eigenvalue weighted by molar-refractivity contribution is -0.136. The van der Waals surface area contributed by atoms with Gasteiger partial charge in [-0.15, -0.1) is 0 Å². The Morgan fingerprint density at radius 1 is 1.00 bits per heavy atom. The highest BCUT2D eigenvalue weighted by atomic mass is 35.5. The number of aliphatic hydroxyl groups is 1. The molecule has 1 atom stereocenters. The maximum atomic E-state index is 11.8. The lowest BCUT2D eigenvalue weighted by Crippen LogP contribution is -2.40. The third-order valence-corrected chi connectivity index (χ3v) is 3.47. The van der Waals surface area contributed by atoms with Crippen molar-refractivity contribution in [3.05, 3.63) is 65.2 Å². The number of aliphatic hydroxyl groups excluding tert-OH is 1. The quantitative estimate of drug-likeness (QED) is 0.733. The highest BCUT2D eigenvalue weighted by molar-refractivity contribution is 6.41. The van der Waals surface area contributed by atoms with Crippen molar-refractivity contribution < 1.29 is 14.7 Å². The molecule has 0 radical (unpaired) electrons. The van der Waals surface area contributed by atoms with Gasteiger partial charge in [-0.05, 0) is 17.7 Å². The Balaban J connectivity index is 1.80. The number of hydrogen-bond acceptors (Lipinski definition) is 3. The van der Waals surface area contributed by atoms with Gasteiger partial charge in [0.1, 0.15) is 0 Å². The van der Waals surface area contributed by atoms with Crippen LogP contribution in [0.4, 0.5) is 5.69 Å². The predicted octanol–water partition coefficient (Wildman–Crippen LogP) is 2.00. The van der Waals surface area contributed by atoms with E-state index in [9.17, 15) is 14.7 Å². The van der Waals surface area contributed by atoms with Gasteiger partial charge in [0.25, 0.3) is 0 Å². The van der Waals surface area contributed by atoms with Gasteiger partial charge in [0.15, 0.2) is 0 Å². The molecule has 0 spiro atoms. The van der Waals surface area contributed by atoms with E-state index in [-0.39, 0.29) is 6.54 Å². The van der Waals surface area contributed by atoms with E-state index in [4.69, 9.17) is 11.6 Å². The van der Waals surface area contributed by atoms with E-state index in [1.165, 1.54) is 0 Å². The molecule has 2 aromatic carbocycles. The predicted molar refractivity (Wildman–Crippen MR) is 89.2 cm³/mol. The van der Waals surface area contributed by atoms with Crippen molar-refractivity contribution in [1.82, 2.24) is 5.32 Å². The average Bonchev–Trinajstić information content (AvgIpc) is 2.55. The number of nitrogens with one attached hydrogen (secondary N) is 2. The van der Waals surface area contributed by atoms with Crippen LogP contribution in [0.25, 0.3) is 0 Å². The SMILES string of the molecule is O=C(NCC(O)Cc1ccccc1)C(=O)Nc1ccccc1Cl. The van der Waals surface area contributed by atoms with E-state index in [0.29, 0.717) is 17.1 Å². The molecule has 5 nitrogen and oxygen atoms in total. The molecular formula is C17H17ClN2O3. The first-order chi connectivity index (χ1) is 11.1. The fourth-order valence-electron chi connectivity index (χ4n) is 1.99. The van der Waals surface area contributed by atoms with Crippen LogP contribution in [0.1, 0.15) is 5.56 Å². The van der Waals surface area contributed by atoms with Crippen molar-refractivity contribution in [3.63, 3.8) is 0 Å². The van der Waals surface area contributed by atoms with Gasteiger partial charge in [-0.25, -0.2) is 0 Å². The minimum absolute atomic E-state index is 0.0102. The molecule has 2 rings (SSSR count). The first-order valence-electron chi connectivity index (χ1n) is 7.12. The van der Waals surface area contributed by atoms with Crippen LogP contribution >= 0.6 is 11.6 Å². The van der Waals surface area contributed by atoms with Crippen molar-refractivity contribution in [2.45, 2.75) is 12.5 Å². The molecule has 0 aliphatic rings. The summed E-state index contributed by atoms with van der Waals surface area (Å²) in [7, 11) is 0. The van der Waals surface area contributed by atoms with Crippen LogP contribution in [0.15, 0.2) is 54.6 Å². The minimum atomic E-state index is -0.829. The summed E-state index contributed by atoms with van der Waals surface area (Å²) in [6.45, 7) is -0.0102. The van der Waals surface area contributed by atoms with Crippen LogP contribution in [-0.4, -0.2) is 29.6 Å². The molecular weight excluding hydrogens is 316 g/mol. The van der Waals surface area contributed by atoms with Crippen LogP contribution in [0.2, 0.25) is 5.02 Å². The number of rotatable bonds is 5. The van der Waals surface area contributed by atoms with Crippen molar-refractivity contribution in [2.75, 3.05) is 11.9 Å². The molecule has 3 N–H and O–H groups in total. The number of carbonyl (C=O) groups is 2. The number of halogens is 1. The van der Waals surface area contributed by atoms with E-state index < -0.39 is 17.9 Å². The molecule has 0 fully saturated rings. The summed E-state index contributed by atoms with van der Waals surface area (Å²) in [4.78, 5) is 23.5. The topological polar surface area (TPSA) is 78.4 Å². The molecule has 0 aliphatic carbocycles. The van der Waals surface area contributed by atoms with Crippen molar-refractivity contribution in [1.29, 1.82) is 0 Å². The van der Waals surface area contributed by atoms with Crippen molar-refractivity contribution in [3.8, 4) is 0 Å². The van der Waals surface area contributed by atoms with Crippen LogP contribution in [-0.2, 0) is 16.0 Å². The molecule has 2 aromatic rings. The summed E-state index contributed by atoms with van der Waals surface area (Å²) in [6, 6.07) is 16.0. The zero-order valence-electron chi connectivity index (χ0n) is 12.3. The molecule has 1 unspecified atom stereocenters. The van der Waals surface area contributed by atoms with Crippen molar-refractivity contribution >= 4 is 29.1 Å². The van der Waals surface area contributed by atoms with Gasteiger partial charge in [0, 0.05) is 13.0 Å². The molecule has 23 heavy (non-hydrogen) atoms. The van der Waals surface area contributed by atoms with Crippen LogP contribution in [0.3, 0.4) is 0 Å². The Hall–Kier alpha value is -2.37. The van der Waals surface area contributed by atoms with E-state index in [0.717, 1.165) is 5.56 Å². The molecule has 6 heteroatoms. The van der Waals surface area contributed by atoms with Gasteiger partial charge in [-0.1, -0.05) is 54.1 Å². The maximum Gasteiger partial charge on any atom is 0.313 e. The summed E-state index contributed by atoms with van der Waals surface area (Å²) in [6.07, 6.45) is -0.373. The number of anilines is 1. The zero-order valence-corrected chi connectivity index (χ0v) is 13.1. The minimum Gasteiger partial charge on any atom is -0.391 e. The van der Waals surface area contributed by atoms with Gasteiger partial charge in [-0.3, -0.25) is 9.59 Å². The second kappa shape index (κ2) is 8.31. The van der Waals surface area contributed by atoms with Gasteiger partial charge in [0.2, 0.25) is 0 Å². The molecule has 0 saturated heterocycles. The number of para-hydroxylation sites is 1. The van der Waals surface area contributed by atoms with Gasteiger partial charge < -0.3 is 15.7 Å². The fraction of sp³-hybridized carbons (Fsp3) is 0.176. The third-order valence-electron chi connectivity index (χ3n) is 3.14. The number of amides is 2. The molecule has 2 amide bonds. The monoisotopic (exact) mass is 332 g/mol. The third kappa shape index (κ3) is 5.39. The summed E-state index contributed by atoms with van der Waals surface area (Å²) >= 11 is 5.90. The summed E-state index contributed by atoms with van der Waals surface area (Å²) < 4.78 is 0. The fourth-order valence-corrected chi connectivity index (χ4v) is 2.17. The molecule has 0 aromatic heterocycles. The van der Waals surface area contributed by atoms with E-state index in [1.807, 2.05) is 30.3 Å². The number of benzene rings is 2. The molecule has 0 aliphatic heterocycles. The maximum absolute atomic E-state index is 11.8. The first-order valence-corrected chi connectivity index (χ1v) is 7.50. The van der Waals surface area contributed by atoms with E-state index >= 15 is 0 Å². The van der Waals surface area contributed by atoms with Crippen molar-refractivity contribution in [2.24, 2.45) is 0 Å². The normalized spacial score (nSPS) is 11.6. The van der Waals surface area contributed by atoms with Gasteiger partial charge >= 0.3 is 11.8 Å². The standard InChI is InChI=1S/C17H17ClN2O3/c18-14-8-4-5-9-15(14)20-17(23)16(22)19-11-13(21)10-12-6-2-1-3-7-12/h1-9,13,21H,10-11H2,(H,19,22)(H,20,23). The average molecular weight is 333 g/mol. The highest BCUT2D eigenvalue weighted by Crippen LogP contribution is 2.20. The molecule has 0 heterocycles. The Bertz CT molecular complexity index is 677. The first kappa shape index (κ1) is 17.0. The summed E-state index contributed by atoms with van der Waals surface area (Å²) in [5.41, 5.74) is 1.31. The summed E-state index contributed by atoms with van der Waals surface area (Å²) in [5.74, 6) is -1.65. The van der Waals surface area contributed by atoms with Crippen LogP contribution < -0.4 is 10.6 Å². The molecule has 0 bridgehead atoms. The Morgan fingerprint density at radius 3 is 2.35 bits per heavy atom. The van der Waals surface area contributed by atoms with E-state index in [2.05, 4.69) is 10.6 Å². The second-order valence-electron chi connectivity index (χ2n) is 4.99. The lowest BCUT2D eigenvalue weighted by atomic mass is 10.1. The van der Waals surface area contributed by atoms with E-state index in [1.54, 1.807) is 24.3 Å². The van der Waals surface area contributed by atoms with Gasteiger partial charge in [0.05, 0.1) is 16.8 Å². The van der Waals surface area contributed by atoms with Gasteiger partial charge in [-0.2, -0.15) is 0 Å². The molecule has 120 valence electrons. The Morgan fingerprint density at radius 2 is 1.65 bits per heavy atom. The number of carbonyl (C=O) groups excluding carboxylic acids is 2. The summed E-state index contributed by atoms with van der Waals surface area (Å²) in [5, 5.41) is 15.1. The number of hydrogen-bond donors (Lipinski definition) is 3. The lowest BCUT2D eigenvalue weighted by Gasteiger charge is -2.12. The Kier molecular flexibility index (Phi) is 6.14.